The molecule has 1 aromatic carbocycles. The summed E-state index contributed by atoms with van der Waals surface area (Å²) in [7, 11) is 0. The first-order chi connectivity index (χ1) is 14.1. The van der Waals surface area contributed by atoms with Gasteiger partial charge in [0.05, 0.1) is 6.04 Å². The van der Waals surface area contributed by atoms with Gasteiger partial charge in [-0.25, -0.2) is 0 Å². The van der Waals surface area contributed by atoms with Crippen LogP contribution in [0.15, 0.2) is 29.3 Å². The third-order valence-corrected chi connectivity index (χ3v) is 5.84. The van der Waals surface area contributed by atoms with Gasteiger partial charge in [-0.15, -0.1) is 0 Å². The number of guanidine groups is 1. The molecular weight excluding hydrogens is 366 g/mol. The fourth-order valence-electron chi connectivity index (χ4n) is 4.11. The van der Waals surface area contributed by atoms with Gasteiger partial charge in [-0.2, -0.15) is 0 Å². The topological polar surface area (TPSA) is 71.4 Å². The van der Waals surface area contributed by atoms with Crippen LogP contribution in [0, 0.1) is 0 Å². The van der Waals surface area contributed by atoms with Crippen LogP contribution in [0.5, 0.6) is 5.75 Å². The number of aromatic hydroxyl groups is 1. The van der Waals surface area contributed by atoms with Crippen molar-refractivity contribution in [3.63, 3.8) is 0 Å². The number of nitrogens with zero attached hydrogens (tertiary/aromatic N) is 4. The van der Waals surface area contributed by atoms with E-state index in [0.717, 1.165) is 76.6 Å². The van der Waals surface area contributed by atoms with E-state index in [2.05, 4.69) is 22.0 Å². The Labute approximate surface area is 174 Å². The molecule has 2 saturated heterocycles. The lowest BCUT2D eigenvalue weighted by Crippen LogP contribution is -2.57. The predicted octanol–water partition coefficient (Wildman–Crippen LogP) is 1.53. The minimum absolute atomic E-state index is 0.0412. The molecule has 0 bridgehead atoms. The Morgan fingerprint density at radius 2 is 1.86 bits per heavy atom. The Hall–Kier alpha value is -2.28. The summed E-state index contributed by atoms with van der Waals surface area (Å²) < 4.78 is 0. The van der Waals surface area contributed by atoms with Crippen LogP contribution < -0.4 is 5.32 Å². The molecule has 29 heavy (non-hydrogen) atoms. The number of hydrogen-bond donors (Lipinski definition) is 2. The Bertz CT molecular complexity index is 694. The summed E-state index contributed by atoms with van der Waals surface area (Å²) in [6.45, 7) is 11.0. The Morgan fingerprint density at radius 3 is 2.52 bits per heavy atom. The molecule has 1 unspecified atom stereocenters. The normalized spacial score (nSPS) is 19.4. The summed E-state index contributed by atoms with van der Waals surface area (Å²) in [5.41, 5.74) is 1.09. The highest BCUT2D eigenvalue weighted by Gasteiger charge is 2.30. The van der Waals surface area contributed by atoms with Gasteiger partial charge in [-0.1, -0.05) is 12.1 Å². The van der Waals surface area contributed by atoms with Crippen LogP contribution >= 0.6 is 0 Å². The number of hydrogen-bond acceptors (Lipinski definition) is 4. The van der Waals surface area contributed by atoms with Gasteiger partial charge >= 0.3 is 0 Å². The van der Waals surface area contributed by atoms with Crippen molar-refractivity contribution in [3.8, 4) is 5.75 Å². The second-order valence-electron chi connectivity index (χ2n) is 7.89. The number of amides is 1. The highest BCUT2D eigenvalue weighted by Crippen LogP contribution is 2.14. The van der Waals surface area contributed by atoms with Crippen LogP contribution in [-0.2, 0) is 11.2 Å². The first-order valence-electron chi connectivity index (χ1n) is 10.9. The Kier molecular flexibility index (Phi) is 7.75. The molecule has 0 saturated carbocycles. The number of aliphatic imine (C=N–C) groups is 1. The number of benzene rings is 1. The van der Waals surface area contributed by atoms with Crippen molar-refractivity contribution in [3.05, 3.63) is 29.8 Å². The minimum atomic E-state index is -0.0412. The van der Waals surface area contributed by atoms with E-state index in [1.165, 1.54) is 0 Å². The lowest BCUT2D eigenvalue weighted by Gasteiger charge is -2.39. The van der Waals surface area contributed by atoms with E-state index in [1.54, 1.807) is 12.1 Å². The Morgan fingerprint density at radius 1 is 1.14 bits per heavy atom. The van der Waals surface area contributed by atoms with E-state index in [0.29, 0.717) is 12.3 Å². The maximum atomic E-state index is 12.7. The van der Waals surface area contributed by atoms with Crippen LogP contribution in [0.25, 0.3) is 0 Å². The standard InChI is InChI=1S/C22H35N5O2/c1-3-23-22(24-10-9-19-7-6-8-20(28)17-19)27-15-13-25(14-16-27)18(2)21(29)26-11-4-5-12-26/h6-8,17-18,28H,3-5,9-16H2,1-2H3,(H,23,24). The first kappa shape index (κ1) is 21.4. The molecule has 0 aliphatic carbocycles. The fourth-order valence-corrected chi connectivity index (χ4v) is 4.11. The Balaban J connectivity index is 1.51. The summed E-state index contributed by atoms with van der Waals surface area (Å²) in [4.78, 5) is 24.1. The second kappa shape index (κ2) is 10.5. The highest BCUT2D eigenvalue weighted by atomic mass is 16.3. The molecule has 1 aromatic rings. The average Bonchev–Trinajstić information content (AvgIpc) is 3.27. The van der Waals surface area contributed by atoms with E-state index in [-0.39, 0.29) is 11.9 Å². The zero-order valence-corrected chi connectivity index (χ0v) is 17.8. The van der Waals surface area contributed by atoms with Crippen molar-refractivity contribution in [2.24, 2.45) is 4.99 Å². The molecule has 2 fully saturated rings. The third kappa shape index (κ3) is 5.85. The van der Waals surface area contributed by atoms with Crippen LogP contribution in [-0.4, -0.2) is 90.1 Å². The number of phenols is 1. The predicted molar refractivity (Wildman–Crippen MR) is 116 cm³/mol. The molecule has 2 aliphatic heterocycles. The highest BCUT2D eigenvalue weighted by molar-refractivity contribution is 5.82. The zero-order valence-electron chi connectivity index (χ0n) is 17.8. The quantitative estimate of drug-likeness (QED) is 0.559. The van der Waals surface area contributed by atoms with E-state index in [4.69, 9.17) is 4.99 Å². The van der Waals surface area contributed by atoms with Crippen molar-refractivity contribution in [1.29, 1.82) is 0 Å². The molecule has 7 heteroatoms. The molecular formula is C22H35N5O2. The monoisotopic (exact) mass is 401 g/mol. The molecule has 0 radical (unpaired) electrons. The largest absolute Gasteiger partial charge is 0.508 e. The summed E-state index contributed by atoms with van der Waals surface area (Å²) in [6.07, 6.45) is 3.07. The number of rotatable bonds is 6. The number of phenolic OH excluding ortho intramolecular Hbond substituents is 1. The smallest absolute Gasteiger partial charge is 0.239 e. The van der Waals surface area contributed by atoms with Crippen molar-refractivity contribution >= 4 is 11.9 Å². The molecule has 160 valence electrons. The van der Waals surface area contributed by atoms with Gasteiger partial charge < -0.3 is 20.2 Å². The van der Waals surface area contributed by atoms with Crippen LogP contribution in [0.3, 0.4) is 0 Å². The molecule has 2 heterocycles. The maximum absolute atomic E-state index is 12.7. The van der Waals surface area contributed by atoms with Gasteiger partial charge in [-0.05, 0) is 50.8 Å². The summed E-state index contributed by atoms with van der Waals surface area (Å²) >= 11 is 0. The van der Waals surface area contributed by atoms with E-state index >= 15 is 0 Å². The van der Waals surface area contributed by atoms with Crippen molar-refractivity contribution < 1.29 is 9.90 Å². The zero-order chi connectivity index (χ0) is 20.6. The van der Waals surface area contributed by atoms with Crippen molar-refractivity contribution in [2.75, 3.05) is 52.4 Å². The summed E-state index contributed by atoms with van der Waals surface area (Å²) in [6, 6.07) is 7.31. The SMILES string of the molecule is CCNC(=NCCc1cccc(O)c1)N1CCN(C(C)C(=O)N2CCCC2)CC1. The molecule has 1 amide bonds. The molecule has 2 aliphatic rings. The molecule has 0 spiro atoms. The van der Waals surface area contributed by atoms with Gasteiger partial charge in [0.15, 0.2) is 5.96 Å². The van der Waals surface area contributed by atoms with Gasteiger partial charge in [-0.3, -0.25) is 14.7 Å². The first-order valence-corrected chi connectivity index (χ1v) is 10.9. The number of piperazine rings is 1. The molecule has 1 atom stereocenters. The maximum Gasteiger partial charge on any atom is 0.239 e. The fraction of sp³-hybridized carbons (Fsp3) is 0.636. The summed E-state index contributed by atoms with van der Waals surface area (Å²) in [5.74, 6) is 1.51. The van der Waals surface area contributed by atoms with Crippen LogP contribution in [0.4, 0.5) is 0 Å². The molecule has 2 N–H and O–H groups in total. The lowest BCUT2D eigenvalue weighted by molar-refractivity contribution is -0.135. The van der Waals surface area contributed by atoms with E-state index in [1.807, 2.05) is 24.0 Å². The van der Waals surface area contributed by atoms with Crippen LogP contribution in [0.2, 0.25) is 0 Å². The lowest BCUT2D eigenvalue weighted by atomic mass is 10.1. The molecule has 3 rings (SSSR count). The molecule has 7 nitrogen and oxygen atoms in total. The van der Waals surface area contributed by atoms with Gasteiger partial charge in [0.1, 0.15) is 5.75 Å². The van der Waals surface area contributed by atoms with Gasteiger partial charge in [0.25, 0.3) is 0 Å². The third-order valence-electron chi connectivity index (χ3n) is 5.84. The van der Waals surface area contributed by atoms with E-state index in [9.17, 15) is 9.90 Å². The van der Waals surface area contributed by atoms with Crippen molar-refractivity contribution in [2.45, 2.75) is 39.2 Å². The summed E-state index contributed by atoms with van der Waals surface area (Å²) in [5, 5.41) is 13.0. The minimum Gasteiger partial charge on any atom is -0.508 e. The van der Waals surface area contributed by atoms with Gasteiger partial charge in [0, 0.05) is 52.4 Å². The number of nitrogens with one attached hydrogen (secondary N) is 1. The number of carbonyl (C=O) groups is 1. The van der Waals surface area contributed by atoms with Crippen LogP contribution in [0.1, 0.15) is 32.3 Å². The second-order valence-corrected chi connectivity index (χ2v) is 7.89. The van der Waals surface area contributed by atoms with E-state index < -0.39 is 0 Å². The number of likely N-dealkylation sites (tertiary alicyclic amines) is 1. The number of carbonyl (C=O) groups excluding carboxylic acids is 1. The average molecular weight is 402 g/mol. The van der Waals surface area contributed by atoms with Crippen molar-refractivity contribution in [1.82, 2.24) is 20.0 Å². The van der Waals surface area contributed by atoms with Gasteiger partial charge in [0.2, 0.25) is 5.91 Å². The molecule has 0 aromatic heterocycles.